The Hall–Kier alpha value is -2.86. The second kappa shape index (κ2) is 12.8. The van der Waals surface area contributed by atoms with Crippen LogP contribution in [0.3, 0.4) is 0 Å². The SMILES string of the molecule is C=CCN(CC=C)S(=O)(=O)c1ccc(C(=O)Nc2sc3c(c2-c2nc4ccccc4s2)CCN(CC)C3)cc1.Cl. The number of anilines is 1. The van der Waals surface area contributed by atoms with E-state index in [1.54, 1.807) is 34.8 Å². The van der Waals surface area contributed by atoms with Crippen LogP contribution in [-0.4, -0.2) is 54.7 Å². The summed E-state index contributed by atoms with van der Waals surface area (Å²) in [5, 5.41) is 4.80. The maximum absolute atomic E-state index is 13.4. The fourth-order valence-electron chi connectivity index (χ4n) is 4.68. The van der Waals surface area contributed by atoms with Gasteiger partial charge in [0.25, 0.3) is 5.91 Å². The third kappa shape index (κ3) is 5.93. The summed E-state index contributed by atoms with van der Waals surface area (Å²) in [4.78, 5) is 22.0. The van der Waals surface area contributed by atoms with E-state index in [9.17, 15) is 13.2 Å². The van der Waals surface area contributed by atoms with Crippen LogP contribution in [0.25, 0.3) is 20.8 Å². The molecule has 7 nitrogen and oxygen atoms in total. The Balaban J connectivity index is 0.00000370. The smallest absolute Gasteiger partial charge is 0.256 e. The fraction of sp³-hybridized carbons (Fsp3) is 0.241. The minimum Gasteiger partial charge on any atom is -0.313 e. The van der Waals surface area contributed by atoms with Crippen LogP contribution in [-0.2, 0) is 23.0 Å². The van der Waals surface area contributed by atoms with Crippen LogP contribution in [0.15, 0.2) is 78.7 Å². The summed E-state index contributed by atoms with van der Waals surface area (Å²) >= 11 is 3.23. The number of hydrogen-bond donors (Lipinski definition) is 1. The van der Waals surface area contributed by atoms with Gasteiger partial charge in [0, 0.05) is 42.2 Å². The molecule has 1 aliphatic heterocycles. The highest BCUT2D eigenvalue weighted by Gasteiger charge is 2.28. The molecule has 4 aromatic rings. The van der Waals surface area contributed by atoms with Gasteiger partial charge in [-0.1, -0.05) is 31.2 Å². The minimum atomic E-state index is -3.74. The van der Waals surface area contributed by atoms with Crippen molar-refractivity contribution in [1.29, 1.82) is 0 Å². The molecule has 2 aromatic carbocycles. The summed E-state index contributed by atoms with van der Waals surface area (Å²) in [7, 11) is -3.74. The molecule has 1 N–H and O–H groups in total. The number of amides is 1. The lowest BCUT2D eigenvalue weighted by molar-refractivity contribution is 0.102. The number of sulfonamides is 1. The van der Waals surface area contributed by atoms with Crippen LogP contribution in [0.1, 0.15) is 27.7 Å². The van der Waals surface area contributed by atoms with Crippen molar-refractivity contribution in [2.24, 2.45) is 0 Å². The number of halogens is 1. The normalized spacial score (nSPS) is 13.6. The molecule has 0 saturated heterocycles. The predicted molar refractivity (Wildman–Crippen MR) is 168 cm³/mol. The highest BCUT2D eigenvalue weighted by molar-refractivity contribution is 7.89. The second-order valence-electron chi connectivity index (χ2n) is 9.19. The maximum atomic E-state index is 13.4. The molecule has 0 saturated carbocycles. The van der Waals surface area contributed by atoms with Crippen molar-refractivity contribution in [2.75, 3.05) is 31.5 Å². The first kappa shape index (κ1) is 30.1. The van der Waals surface area contributed by atoms with Crippen molar-refractivity contribution in [3.05, 3.63) is 89.8 Å². The zero-order valence-corrected chi connectivity index (χ0v) is 25.4. The van der Waals surface area contributed by atoms with Crippen LogP contribution in [0.4, 0.5) is 5.00 Å². The summed E-state index contributed by atoms with van der Waals surface area (Å²) in [6, 6.07) is 14.1. The summed E-state index contributed by atoms with van der Waals surface area (Å²) in [5.41, 5.74) is 3.58. The van der Waals surface area contributed by atoms with Gasteiger partial charge < -0.3 is 5.32 Å². The molecule has 0 spiro atoms. The highest BCUT2D eigenvalue weighted by atomic mass is 35.5. The van der Waals surface area contributed by atoms with Gasteiger partial charge >= 0.3 is 0 Å². The number of likely N-dealkylation sites (N-methyl/N-ethyl adjacent to an activating group) is 1. The molecule has 0 atom stereocenters. The number of thiophene rings is 1. The van der Waals surface area contributed by atoms with Crippen LogP contribution in [0, 0.1) is 0 Å². The number of nitrogens with one attached hydrogen (secondary N) is 1. The Morgan fingerprint density at radius 3 is 2.45 bits per heavy atom. The third-order valence-electron chi connectivity index (χ3n) is 6.74. The molecular weight excluding hydrogens is 584 g/mol. The molecule has 1 aliphatic rings. The molecule has 0 unspecified atom stereocenters. The van der Waals surface area contributed by atoms with Crippen molar-refractivity contribution >= 4 is 66.2 Å². The van der Waals surface area contributed by atoms with Crippen molar-refractivity contribution in [3.63, 3.8) is 0 Å². The molecule has 210 valence electrons. The fourth-order valence-corrected chi connectivity index (χ4v) is 8.46. The zero-order chi connectivity index (χ0) is 27.6. The third-order valence-corrected chi connectivity index (χ3v) is 10.8. The molecule has 0 bridgehead atoms. The summed E-state index contributed by atoms with van der Waals surface area (Å²) in [5.74, 6) is -0.290. The van der Waals surface area contributed by atoms with Crippen molar-refractivity contribution < 1.29 is 13.2 Å². The Morgan fingerprint density at radius 2 is 1.80 bits per heavy atom. The van der Waals surface area contributed by atoms with E-state index < -0.39 is 10.0 Å². The molecule has 0 aliphatic carbocycles. The van der Waals surface area contributed by atoms with Gasteiger partial charge in [0.2, 0.25) is 10.0 Å². The van der Waals surface area contributed by atoms with Crippen molar-refractivity contribution in [2.45, 2.75) is 24.8 Å². The Labute approximate surface area is 249 Å². The molecule has 2 aromatic heterocycles. The average Bonchev–Trinajstić information content (AvgIpc) is 3.53. The molecule has 0 fully saturated rings. The predicted octanol–water partition coefficient (Wildman–Crippen LogP) is 6.44. The maximum Gasteiger partial charge on any atom is 0.256 e. The lowest BCUT2D eigenvalue weighted by Gasteiger charge is -2.25. The molecule has 11 heteroatoms. The summed E-state index contributed by atoms with van der Waals surface area (Å²) < 4.78 is 28.5. The topological polar surface area (TPSA) is 82.6 Å². The van der Waals surface area contributed by atoms with Crippen LogP contribution >= 0.6 is 35.1 Å². The number of hydrogen-bond acceptors (Lipinski definition) is 7. The standard InChI is InChI=1S/C29H30N4O3S3.ClH/c1-4-16-33(17-5-2)39(35,36)21-13-11-20(12-14-21)27(34)31-29-26(22-15-18-32(6-3)19-25(22)38-29)28-30-23-9-7-8-10-24(23)37-28;/h4-5,7-14H,1-2,6,15-19H2,3H3,(H,31,34);1H. The van der Waals surface area contributed by atoms with Gasteiger partial charge in [-0.3, -0.25) is 9.69 Å². The molecule has 5 rings (SSSR count). The second-order valence-corrected chi connectivity index (χ2v) is 13.3. The largest absolute Gasteiger partial charge is 0.313 e. The number of benzene rings is 2. The quantitative estimate of drug-likeness (QED) is 0.208. The van der Waals surface area contributed by atoms with Crippen LogP contribution in [0.5, 0.6) is 0 Å². The number of fused-ring (bicyclic) bond motifs is 2. The molecule has 40 heavy (non-hydrogen) atoms. The lowest BCUT2D eigenvalue weighted by atomic mass is 10.0. The molecule has 1 amide bonds. The van der Waals surface area contributed by atoms with Crippen LogP contribution < -0.4 is 5.32 Å². The van der Waals surface area contributed by atoms with E-state index in [1.165, 1.54) is 39.0 Å². The number of thiazole rings is 1. The van der Waals surface area contributed by atoms with Crippen LogP contribution in [0.2, 0.25) is 0 Å². The number of carbonyl (C=O) groups is 1. The Bertz CT molecular complexity index is 1600. The van der Waals surface area contributed by atoms with Gasteiger partial charge in [0.15, 0.2) is 0 Å². The van der Waals surface area contributed by atoms with Gasteiger partial charge in [0.05, 0.1) is 15.1 Å². The monoisotopic (exact) mass is 614 g/mol. The van der Waals surface area contributed by atoms with E-state index in [4.69, 9.17) is 4.98 Å². The van der Waals surface area contributed by atoms with E-state index in [2.05, 4.69) is 36.4 Å². The zero-order valence-electron chi connectivity index (χ0n) is 22.1. The van der Waals surface area contributed by atoms with Gasteiger partial charge in [-0.15, -0.1) is 48.2 Å². The van der Waals surface area contributed by atoms with Gasteiger partial charge in [-0.25, -0.2) is 13.4 Å². The number of para-hydroxylation sites is 1. The van der Waals surface area contributed by atoms with Gasteiger partial charge in [-0.2, -0.15) is 4.31 Å². The molecular formula is C29H31ClN4O3S3. The summed E-state index contributed by atoms with van der Waals surface area (Å²) in [6.07, 6.45) is 3.97. The van der Waals surface area contributed by atoms with E-state index in [1.807, 2.05) is 18.2 Å². The van der Waals surface area contributed by atoms with Crippen molar-refractivity contribution in [3.8, 4) is 10.6 Å². The number of aromatic nitrogens is 1. The summed E-state index contributed by atoms with van der Waals surface area (Å²) in [6.45, 7) is 12.6. The first-order chi connectivity index (χ1) is 18.8. The van der Waals surface area contributed by atoms with Gasteiger partial charge in [-0.05, 0) is 54.9 Å². The number of nitrogens with zero attached hydrogens (tertiary/aromatic N) is 3. The van der Waals surface area contributed by atoms with Crippen molar-refractivity contribution in [1.82, 2.24) is 14.2 Å². The Kier molecular flexibility index (Phi) is 9.60. The van der Waals surface area contributed by atoms with E-state index in [0.29, 0.717) is 5.56 Å². The molecule has 0 radical (unpaired) electrons. The highest BCUT2D eigenvalue weighted by Crippen LogP contribution is 2.45. The lowest BCUT2D eigenvalue weighted by Crippen LogP contribution is -2.31. The average molecular weight is 615 g/mol. The number of rotatable bonds is 10. The van der Waals surface area contributed by atoms with E-state index >= 15 is 0 Å². The molecule has 3 heterocycles. The minimum absolute atomic E-state index is 0. The Morgan fingerprint density at radius 1 is 1.10 bits per heavy atom. The van der Waals surface area contributed by atoms with Gasteiger partial charge in [0.1, 0.15) is 10.0 Å². The first-order valence-electron chi connectivity index (χ1n) is 12.7. The number of carbonyl (C=O) groups excluding carboxylic acids is 1. The van der Waals surface area contributed by atoms with E-state index in [-0.39, 0.29) is 36.3 Å². The van der Waals surface area contributed by atoms with E-state index in [0.717, 1.165) is 51.8 Å². The first-order valence-corrected chi connectivity index (χ1v) is 15.8.